The molecule has 0 aliphatic carbocycles. The van der Waals surface area contributed by atoms with Crippen molar-refractivity contribution in [2.75, 3.05) is 6.54 Å². The van der Waals surface area contributed by atoms with Crippen molar-refractivity contribution in [3.05, 3.63) is 47.0 Å². The third-order valence-corrected chi connectivity index (χ3v) is 3.01. The topological polar surface area (TPSA) is 49.3 Å². The molecule has 0 heterocycles. The van der Waals surface area contributed by atoms with Crippen LogP contribution in [-0.4, -0.2) is 17.6 Å². The standard InChI is InChI=1S/C15H21NO2/c1-4-13(15(17)18)9-10-16-12(3)14-7-5-11(2)6-8-14/h5-9,12,16H,4,10H2,1-3H3,(H,17,18)/b13-9-. The van der Waals surface area contributed by atoms with Crippen molar-refractivity contribution in [3.8, 4) is 0 Å². The Kier molecular flexibility index (Phi) is 5.59. The number of nitrogens with one attached hydrogen (secondary N) is 1. The zero-order valence-corrected chi connectivity index (χ0v) is 11.2. The van der Waals surface area contributed by atoms with Gasteiger partial charge in [0.15, 0.2) is 0 Å². The molecule has 1 rings (SSSR count). The molecule has 0 aromatic heterocycles. The molecule has 1 aromatic carbocycles. The van der Waals surface area contributed by atoms with E-state index in [1.165, 1.54) is 11.1 Å². The van der Waals surface area contributed by atoms with Gasteiger partial charge in [-0.25, -0.2) is 4.79 Å². The number of aryl methyl sites for hydroxylation is 1. The summed E-state index contributed by atoms with van der Waals surface area (Å²) in [5, 5.41) is 12.2. The van der Waals surface area contributed by atoms with Crippen LogP contribution in [0.4, 0.5) is 0 Å². The van der Waals surface area contributed by atoms with Crippen LogP contribution in [0.1, 0.15) is 37.4 Å². The van der Waals surface area contributed by atoms with Crippen molar-refractivity contribution in [1.29, 1.82) is 0 Å². The molecule has 0 saturated heterocycles. The van der Waals surface area contributed by atoms with Crippen molar-refractivity contribution in [2.45, 2.75) is 33.2 Å². The van der Waals surface area contributed by atoms with Gasteiger partial charge in [0.1, 0.15) is 0 Å². The average molecular weight is 247 g/mol. The highest BCUT2D eigenvalue weighted by Crippen LogP contribution is 2.12. The number of aliphatic carboxylic acids is 1. The largest absolute Gasteiger partial charge is 0.478 e. The first kappa shape index (κ1) is 14.5. The Bertz CT molecular complexity index is 421. The summed E-state index contributed by atoms with van der Waals surface area (Å²) in [5.41, 5.74) is 2.91. The zero-order chi connectivity index (χ0) is 13.5. The molecule has 0 bridgehead atoms. The van der Waals surface area contributed by atoms with Crippen LogP contribution in [0.3, 0.4) is 0 Å². The third kappa shape index (κ3) is 4.34. The minimum atomic E-state index is -0.831. The second kappa shape index (κ2) is 6.97. The van der Waals surface area contributed by atoms with Crippen molar-refractivity contribution < 1.29 is 9.90 Å². The van der Waals surface area contributed by atoms with Crippen LogP contribution in [0.25, 0.3) is 0 Å². The number of hydrogen-bond acceptors (Lipinski definition) is 2. The SMILES string of the molecule is CC/C(=C/CNC(C)c1ccc(C)cc1)C(=O)O. The minimum Gasteiger partial charge on any atom is -0.478 e. The molecule has 0 radical (unpaired) electrons. The molecule has 18 heavy (non-hydrogen) atoms. The van der Waals surface area contributed by atoms with E-state index < -0.39 is 5.97 Å². The summed E-state index contributed by atoms with van der Waals surface area (Å²) in [6, 6.07) is 8.56. The molecule has 1 atom stereocenters. The molecule has 0 saturated carbocycles. The molecule has 1 unspecified atom stereocenters. The number of hydrogen-bond donors (Lipinski definition) is 2. The summed E-state index contributed by atoms with van der Waals surface area (Å²) in [5.74, 6) is -0.831. The molecule has 0 aliphatic heterocycles. The fraction of sp³-hybridized carbons (Fsp3) is 0.400. The van der Waals surface area contributed by atoms with Gasteiger partial charge in [0, 0.05) is 18.2 Å². The molecule has 0 amide bonds. The number of carboxylic acid groups (broad SMARTS) is 1. The van der Waals surface area contributed by atoms with Gasteiger partial charge in [-0.3, -0.25) is 0 Å². The van der Waals surface area contributed by atoms with Gasteiger partial charge in [-0.2, -0.15) is 0 Å². The summed E-state index contributed by atoms with van der Waals surface area (Å²) < 4.78 is 0. The van der Waals surface area contributed by atoms with Gasteiger partial charge in [0.2, 0.25) is 0 Å². The number of carboxylic acids is 1. The van der Waals surface area contributed by atoms with Gasteiger partial charge in [-0.15, -0.1) is 0 Å². The lowest BCUT2D eigenvalue weighted by molar-refractivity contribution is -0.132. The Morgan fingerprint density at radius 3 is 2.50 bits per heavy atom. The van der Waals surface area contributed by atoms with Crippen molar-refractivity contribution in [3.63, 3.8) is 0 Å². The van der Waals surface area contributed by atoms with Crippen LogP contribution < -0.4 is 5.32 Å². The molecule has 98 valence electrons. The normalized spacial score (nSPS) is 13.4. The monoisotopic (exact) mass is 247 g/mol. The molecular formula is C15H21NO2. The maximum atomic E-state index is 10.8. The fourth-order valence-corrected chi connectivity index (χ4v) is 1.71. The predicted octanol–water partition coefficient (Wildman–Crippen LogP) is 3.07. The molecule has 3 nitrogen and oxygen atoms in total. The summed E-state index contributed by atoms with van der Waals surface area (Å²) in [6.45, 7) is 6.56. The van der Waals surface area contributed by atoms with E-state index in [-0.39, 0.29) is 6.04 Å². The summed E-state index contributed by atoms with van der Waals surface area (Å²) in [7, 11) is 0. The van der Waals surface area contributed by atoms with Gasteiger partial charge >= 0.3 is 5.97 Å². The second-order valence-electron chi connectivity index (χ2n) is 4.43. The maximum Gasteiger partial charge on any atom is 0.331 e. The van der Waals surface area contributed by atoms with Crippen LogP contribution in [0.2, 0.25) is 0 Å². The Morgan fingerprint density at radius 2 is 2.00 bits per heavy atom. The molecule has 3 heteroatoms. The van der Waals surface area contributed by atoms with E-state index in [2.05, 4.69) is 43.4 Å². The van der Waals surface area contributed by atoms with Crippen LogP contribution in [0.5, 0.6) is 0 Å². The number of rotatable bonds is 6. The Balaban J connectivity index is 2.53. The van der Waals surface area contributed by atoms with Crippen LogP contribution in [-0.2, 0) is 4.79 Å². The molecule has 2 N–H and O–H groups in total. The maximum absolute atomic E-state index is 10.8. The van der Waals surface area contributed by atoms with Gasteiger partial charge in [0.05, 0.1) is 0 Å². The van der Waals surface area contributed by atoms with E-state index in [0.29, 0.717) is 18.5 Å². The smallest absolute Gasteiger partial charge is 0.331 e. The lowest BCUT2D eigenvalue weighted by Gasteiger charge is -2.13. The number of carbonyl (C=O) groups is 1. The van der Waals surface area contributed by atoms with Gasteiger partial charge in [0.25, 0.3) is 0 Å². The van der Waals surface area contributed by atoms with E-state index in [4.69, 9.17) is 5.11 Å². The second-order valence-corrected chi connectivity index (χ2v) is 4.43. The van der Waals surface area contributed by atoms with Gasteiger partial charge < -0.3 is 10.4 Å². The van der Waals surface area contributed by atoms with Crippen molar-refractivity contribution >= 4 is 5.97 Å². The summed E-state index contributed by atoms with van der Waals surface area (Å²) in [4.78, 5) is 10.8. The van der Waals surface area contributed by atoms with Crippen LogP contribution >= 0.6 is 0 Å². The predicted molar refractivity (Wildman–Crippen MR) is 73.6 cm³/mol. The first-order chi connectivity index (χ1) is 8.54. The van der Waals surface area contributed by atoms with E-state index in [9.17, 15) is 4.79 Å². The number of benzene rings is 1. The van der Waals surface area contributed by atoms with Crippen molar-refractivity contribution in [1.82, 2.24) is 5.32 Å². The average Bonchev–Trinajstić information content (AvgIpc) is 2.34. The molecule has 0 aliphatic rings. The third-order valence-electron chi connectivity index (χ3n) is 3.01. The van der Waals surface area contributed by atoms with E-state index >= 15 is 0 Å². The molecule has 1 aromatic rings. The lowest BCUT2D eigenvalue weighted by atomic mass is 10.1. The van der Waals surface area contributed by atoms with Crippen molar-refractivity contribution in [2.24, 2.45) is 0 Å². The summed E-state index contributed by atoms with van der Waals surface area (Å²) >= 11 is 0. The zero-order valence-electron chi connectivity index (χ0n) is 11.2. The Labute approximate surface area is 109 Å². The first-order valence-corrected chi connectivity index (χ1v) is 6.26. The molecule has 0 fully saturated rings. The first-order valence-electron chi connectivity index (χ1n) is 6.26. The lowest BCUT2D eigenvalue weighted by Crippen LogP contribution is -2.19. The highest BCUT2D eigenvalue weighted by atomic mass is 16.4. The highest BCUT2D eigenvalue weighted by Gasteiger charge is 2.05. The van der Waals surface area contributed by atoms with Gasteiger partial charge in [-0.1, -0.05) is 42.8 Å². The quantitative estimate of drug-likeness (QED) is 0.759. The summed E-state index contributed by atoms with van der Waals surface area (Å²) in [6.07, 6.45) is 2.29. The van der Waals surface area contributed by atoms with Gasteiger partial charge in [-0.05, 0) is 25.8 Å². The molecule has 0 spiro atoms. The van der Waals surface area contributed by atoms with Crippen LogP contribution in [0, 0.1) is 6.92 Å². The highest BCUT2D eigenvalue weighted by molar-refractivity contribution is 5.86. The Morgan fingerprint density at radius 1 is 1.39 bits per heavy atom. The molecular weight excluding hydrogens is 226 g/mol. The van der Waals surface area contributed by atoms with Crippen LogP contribution in [0.15, 0.2) is 35.9 Å². The van der Waals surface area contributed by atoms with E-state index in [0.717, 1.165) is 0 Å². The Hall–Kier alpha value is -1.61. The fourth-order valence-electron chi connectivity index (χ4n) is 1.71. The van der Waals surface area contributed by atoms with E-state index in [1.807, 2.05) is 6.92 Å². The minimum absolute atomic E-state index is 0.216. The van der Waals surface area contributed by atoms with E-state index in [1.54, 1.807) is 6.08 Å².